The molecule has 0 amide bonds. The number of hydrogen-bond acceptors (Lipinski definition) is 0. The SMILES string of the molecule is CB(C1CCCC1C)C1CCCC1C.[H-].[Li+]. The molecule has 0 aromatic carbocycles. The Kier molecular flexibility index (Phi) is 5.34. The van der Waals surface area contributed by atoms with Crippen molar-refractivity contribution in [2.45, 2.75) is 70.8 Å². The second-order valence-corrected chi connectivity index (χ2v) is 6.00. The third kappa shape index (κ3) is 2.86. The average Bonchev–Trinajstić information content (AvgIpc) is 2.73. The van der Waals surface area contributed by atoms with E-state index < -0.39 is 0 Å². The van der Waals surface area contributed by atoms with E-state index in [4.69, 9.17) is 0 Å². The molecule has 4 unspecified atom stereocenters. The van der Waals surface area contributed by atoms with Crippen LogP contribution in [0.25, 0.3) is 0 Å². The van der Waals surface area contributed by atoms with Crippen LogP contribution >= 0.6 is 0 Å². The van der Waals surface area contributed by atoms with Crippen LogP contribution in [0.15, 0.2) is 0 Å². The second kappa shape index (κ2) is 5.83. The van der Waals surface area contributed by atoms with Crippen molar-refractivity contribution in [2.24, 2.45) is 11.8 Å². The standard InChI is InChI=1S/C13H25B.Li.H/c1-10-6-4-8-12(10)14(3)13-9-5-7-11(13)2;;/h10-13H,4-9H2,1-3H3;;/q;+1;-1. The fourth-order valence-electron chi connectivity index (χ4n) is 4.23. The average molecular weight is 200 g/mol. The summed E-state index contributed by atoms with van der Waals surface area (Å²) in [6.45, 7) is 8.51. The van der Waals surface area contributed by atoms with Crippen LogP contribution in [0, 0.1) is 11.8 Å². The van der Waals surface area contributed by atoms with E-state index in [1.165, 1.54) is 38.5 Å². The van der Waals surface area contributed by atoms with Crippen molar-refractivity contribution in [3.8, 4) is 0 Å². The van der Waals surface area contributed by atoms with Gasteiger partial charge in [-0.15, -0.1) is 0 Å². The van der Waals surface area contributed by atoms with E-state index in [1.54, 1.807) is 0 Å². The van der Waals surface area contributed by atoms with Crippen molar-refractivity contribution < 1.29 is 20.3 Å². The van der Waals surface area contributed by atoms with E-state index in [0.717, 1.165) is 30.2 Å². The molecule has 0 spiro atoms. The first-order chi connectivity index (χ1) is 6.70. The normalized spacial score (nSPS) is 40.2. The summed E-state index contributed by atoms with van der Waals surface area (Å²) in [6, 6.07) is 0. The molecule has 2 heteroatoms. The Hall–Kier alpha value is 0.662. The molecule has 2 aliphatic carbocycles. The van der Waals surface area contributed by atoms with E-state index in [1.807, 2.05) is 0 Å². The third-order valence-electron chi connectivity index (χ3n) is 5.21. The Morgan fingerprint density at radius 2 is 1.27 bits per heavy atom. The summed E-state index contributed by atoms with van der Waals surface area (Å²) in [5.41, 5.74) is 0. The van der Waals surface area contributed by atoms with E-state index >= 15 is 0 Å². The molecule has 0 bridgehead atoms. The van der Waals surface area contributed by atoms with Gasteiger partial charge in [0.15, 0.2) is 0 Å². The van der Waals surface area contributed by atoms with Gasteiger partial charge in [0.25, 0.3) is 0 Å². The van der Waals surface area contributed by atoms with Crippen LogP contribution in [-0.4, -0.2) is 6.71 Å². The maximum absolute atomic E-state index is 2.54. The Morgan fingerprint density at radius 1 is 0.867 bits per heavy atom. The fourth-order valence-corrected chi connectivity index (χ4v) is 4.23. The van der Waals surface area contributed by atoms with Crippen LogP contribution in [0.1, 0.15) is 53.8 Å². The zero-order valence-electron chi connectivity index (χ0n) is 12.1. The predicted molar refractivity (Wildman–Crippen MR) is 66.3 cm³/mol. The molecular weight excluding hydrogens is 174 g/mol. The summed E-state index contributed by atoms with van der Waals surface area (Å²) in [4.78, 5) is 0. The van der Waals surface area contributed by atoms with Crippen molar-refractivity contribution in [2.75, 3.05) is 0 Å². The van der Waals surface area contributed by atoms with Crippen LogP contribution in [0.5, 0.6) is 0 Å². The minimum absolute atomic E-state index is 0. The van der Waals surface area contributed by atoms with Crippen molar-refractivity contribution >= 4 is 6.71 Å². The van der Waals surface area contributed by atoms with Crippen molar-refractivity contribution in [3.05, 3.63) is 0 Å². The molecule has 0 aliphatic heterocycles. The van der Waals surface area contributed by atoms with Crippen LogP contribution in [0.3, 0.4) is 0 Å². The van der Waals surface area contributed by atoms with Crippen LogP contribution in [0.4, 0.5) is 0 Å². The minimum atomic E-state index is 0. The van der Waals surface area contributed by atoms with Gasteiger partial charge < -0.3 is 1.43 Å². The van der Waals surface area contributed by atoms with Gasteiger partial charge in [-0.25, -0.2) is 0 Å². The van der Waals surface area contributed by atoms with Gasteiger partial charge in [-0.05, 0) is 11.8 Å². The predicted octanol–water partition coefficient (Wildman–Crippen LogP) is 1.61. The molecule has 0 radical (unpaired) electrons. The summed E-state index contributed by atoms with van der Waals surface area (Å²) in [7, 11) is 0. The van der Waals surface area contributed by atoms with Crippen molar-refractivity contribution in [3.63, 3.8) is 0 Å². The molecule has 15 heavy (non-hydrogen) atoms. The molecule has 82 valence electrons. The molecule has 0 heterocycles. The summed E-state index contributed by atoms with van der Waals surface area (Å²) in [5, 5.41) is 0. The molecule has 0 N–H and O–H groups in total. The first kappa shape index (κ1) is 13.7. The summed E-state index contributed by atoms with van der Waals surface area (Å²) >= 11 is 0. The third-order valence-corrected chi connectivity index (χ3v) is 5.21. The van der Waals surface area contributed by atoms with Crippen molar-refractivity contribution in [1.29, 1.82) is 0 Å². The molecule has 2 saturated carbocycles. The van der Waals surface area contributed by atoms with E-state index in [0.29, 0.717) is 0 Å². The zero-order chi connectivity index (χ0) is 10.1. The van der Waals surface area contributed by atoms with Gasteiger partial charge in [0.1, 0.15) is 6.71 Å². The summed E-state index contributed by atoms with van der Waals surface area (Å²) in [6.07, 6.45) is 9.03. The summed E-state index contributed by atoms with van der Waals surface area (Å²) in [5.74, 6) is 4.14. The second-order valence-electron chi connectivity index (χ2n) is 6.00. The van der Waals surface area contributed by atoms with Gasteiger partial charge in [0, 0.05) is 0 Å². The monoisotopic (exact) mass is 200 g/mol. The van der Waals surface area contributed by atoms with Crippen LogP contribution < -0.4 is 18.9 Å². The Morgan fingerprint density at radius 3 is 1.53 bits per heavy atom. The number of rotatable bonds is 2. The van der Waals surface area contributed by atoms with Gasteiger partial charge in [0.05, 0.1) is 0 Å². The van der Waals surface area contributed by atoms with E-state index in [-0.39, 0.29) is 20.3 Å². The molecule has 0 aromatic rings. The Balaban J connectivity index is 0.00000112. The molecule has 0 nitrogen and oxygen atoms in total. The first-order valence-electron chi connectivity index (χ1n) is 6.70. The van der Waals surface area contributed by atoms with Gasteiger partial charge >= 0.3 is 18.9 Å². The molecule has 2 rings (SSSR count). The smallest absolute Gasteiger partial charge is 1.00 e. The molecule has 0 saturated heterocycles. The van der Waals surface area contributed by atoms with Gasteiger partial charge in [-0.2, -0.15) is 0 Å². The molecule has 4 atom stereocenters. The van der Waals surface area contributed by atoms with Gasteiger partial charge in [0.2, 0.25) is 0 Å². The fraction of sp³-hybridized carbons (Fsp3) is 1.00. The van der Waals surface area contributed by atoms with E-state index in [9.17, 15) is 0 Å². The summed E-state index contributed by atoms with van der Waals surface area (Å²) < 4.78 is 0. The minimum Gasteiger partial charge on any atom is -1.00 e. The molecule has 2 aliphatic rings. The zero-order valence-corrected chi connectivity index (χ0v) is 11.1. The topological polar surface area (TPSA) is 0 Å². The quantitative estimate of drug-likeness (QED) is 0.594. The van der Waals surface area contributed by atoms with Gasteiger partial charge in [-0.3, -0.25) is 0 Å². The molecule has 0 aromatic heterocycles. The van der Waals surface area contributed by atoms with Crippen molar-refractivity contribution in [1.82, 2.24) is 0 Å². The molecular formula is C13H26BLi. The van der Waals surface area contributed by atoms with Gasteiger partial charge in [-0.1, -0.05) is 70.8 Å². The van der Waals surface area contributed by atoms with E-state index in [2.05, 4.69) is 20.7 Å². The Labute approximate surface area is 110 Å². The van der Waals surface area contributed by atoms with Crippen LogP contribution in [-0.2, 0) is 0 Å². The van der Waals surface area contributed by atoms with Crippen LogP contribution in [0.2, 0.25) is 18.5 Å². The largest absolute Gasteiger partial charge is 1.00 e. The maximum atomic E-state index is 2.54. The first-order valence-corrected chi connectivity index (χ1v) is 6.70. The Bertz CT molecular complexity index is 180. The maximum Gasteiger partial charge on any atom is 1.00 e. The molecule has 2 fully saturated rings. The number of hydrogen-bond donors (Lipinski definition) is 0.